The van der Waals surface area contributed by atoms with E-state index in [0.29, 0.717) is 51.4 Å². The van der Waals surface area contributed by atoms with Gasteiger partial charge in [0.1, 0.15) is 17.0 Å². The van der Waals surface area contributed by atoms with E-state index in [4.69, 9.17) is 20.8 Å². The van der Waals surface area contributed by atoms with Gasteiger partial charge in [-0.1, -0.05) is 38.4 Å². The summed E-state index contributed by atoms with van der Waals surface area (Å²) in [5, 5.41) is 10.6. The van der Waals surface area contributed by atoms with Crippen LogP contribution in [0.3, 0.4) is 0 Å². The first-order chi connectivity index (χ1) is 17.4. The lowest BCUT2D eigenvalue weighted by Crippen LogP contribution is -2.40. The minimum atomic E-state index is -1.89. The van der Waals surface area contributed by atoms with E-state index in [1.807, 2.05) is 18.2 Å². The van der Waals surface area contributed by atoms with E-state index in [2.05, 4.69) is 59.6 Å². The third kappa shape index (κ3) is 5.66. The summed E-state index contributed by atoms with van der Waals surface area (Å²) in [6.07, 6.45) is 1.74. The molecular weight excluding hydrogens is 508 g/mol. The Labute approximate surface area is 222 Å². The number of aryl methyl sites for hydroxylation is 1. The summed E-state index contributed by atoms with van der Waals surface area (Å²) in [6, 6.07) is 11.0. The number of pyridine rings is 2. The Bertz CT molecular complexity index is 1490. The van der Waals surface area contributed by atoms with Gasteiger partial charge in [-0.3, -0.25) is 14.6 Å². The zero-order chi connectivity index (χ0) is 27.0. The molecule has 3 N–H and O–H groups in total. The van der Waals surface area contributed by atoms with Gasteiger partial charge in [-0.25, -0.2) is 9.97 Å². The molecule has 1 aromatic carbocycles. The number of aromatic nitrogens is 4. The summed E-state index contributed by atoms with van der Waals surface area (Å²) in [5.74, 6) is 1.60. The molecule has 3 heterocycles. The molecule has 0 atom stereocenters. The molecule has 0 fully saturated rings. The fourth-order valence-corrected chi connectivity index (χ4v) is 4.80. The first-order valence-corrected chi connectivity index (χ1v) is 15.2. The smallest absolute Gasteiger partial charge is 0.277 e. The molecule has 9 nitrogen and oxygen atoms in total. The highest BCUT2D eigenvalue weighted by Gasteiger charge is 2.37. The minimum Gasteiger partial charge on any atom is -0.493 e. The average Bonchev–Trinajstić information content (AvgIpc) is 3.11. The molecule has 0 radical (unpaired) electrons. The van der Waals surface area contributed by atoms with Crippen LogP contribution in [-0.2, 0) is 18.1 Å². The molecule has 196 valence electrons. The number of nitrogens with zero attached hydrogens (tertiary/aromatic N) is 3. The van der Waals surface area contributed by atoms with Crippen molar-refractivity contribution in [3.8, 4) is 5.75 Å². The van der Waals surface area contributed by atoms with Crippen molar-refractivity contribution in [1.29, 1.82) is 0 Å². The van der Waals surface area contributed by atoms with Crippen LogP contribution in [0.2, 0.25) is 23.2 Å². The van der Waals surface area contributed by atoms with Crippen molar-refractivity contribution in [2.45, 2.75) is 45.5 Å². The zero-order valence-corrected chi connectivity index (χ0v) is 23.9. The molecule has 0 spiro atoms. The minimum absolute atomic E-state index is 0.127. The number of hydrogen-bond donors (Lipinski definition) is 3. The number of ether oxygens (including phenoxy) is 1. The number of rotatable bonds is 8. The Morgan fingerprint density at radius 1 is 1.11 bits per heavy atom. The molecule has 3 aromatic heterocycles. The van der Waals surface area contributed by atoms with E-state index < -0.39 is 8.32 Å². The highest BCUT2D eigenvalue weighted by Crippen LogP contribution is 2.38. The number of benzene rings is 1. The topological polar surface area (TPSA) is 106 Å². The Morgan fingerprint density at radius 2 is 1.86 bits per heavy atom. The van der Waals surface area contributed by atoms with Crippen LogP contribution in [0.5, 0.6) is 5.75 Å². The first kappa shape index (κ1) is 26.7. The van der Waals surface area contributed by atoms with Gasteiger partial charge in [0.25, 0.3) is 5.56 Å². The number of H-pyrrole nitrogens is 1. The van der Waals surface area contributed by atoms with Crippen LogP contribution in [0.1, 0.15) is 26.3 Å². The summed E-state index contributed by atoms with van der Waals surface area (Å²) in [7, 11) is 1.31. The number of nitrogens with one attached hydrogen (secondary N) is 3. The highest BCUT2D eigenvalue weighted by molar-refractivity contribution is 6.74. The summed E-state index contributed by atoms with van der Waals surface area (Å²) in [5.41, 5.74) is 2.41. The maximum atomic E-state index is 12.8. The molecule has 4 rings (SSSR count). The van der Waals surface area contributed by atoms with Crippen LogP contribution >= 0.6 is 11.6 Å². The number of para-hydroxylation sites is 1. The normalized spacial score (nSPS) is 12.1. The van der Waals surface area contributed by atoms with Crippen LogP contribution in [0, 0.1) is 0 Å². The number of fused-ring (bicyclic) bond motifs is 1. The number of anilines is 4. The Hall–Kier alpha value is -3.34. The van der Waals surface area contributed by atoms with Gasteiger partial charge in [0.2, 0.25) is 0 Å². The Morgan fingerprint density at radius 3 is 2.57 bits per heavy atom. The van der Waals surface area contributed by atoms with Gasteiger partial charge in [0.15, 0.2) is 19.7 Å². The van der Waals surface area contributed by atoms with Crippen molar-refractivity contribution in [2.75, 3.05) is 17.7 Å². The number of methoxy groups -OCH3 is 1. The predicted octanol–water partition coefficient (Wildman–Crippen LogP) is 6.33. The lowest BCUT2D eigenvalue weighted by atomic mass is 10.2. The zero-order valence-electron chi connectivity index (χ0n) is 22.2. The Kier molecular flexibility index (Phi) is 7.36. The lowest BCUT2D eigenvalue weighted by Gasteiger charge is -2.36. The van der Waals surface area contributed by atoms with Crippen molar-refractivity contribution >= 4 is 54.0 Å². The molecule has 0 saturated carbocycles. The van der Waals surface area contributed by atoms with E-state index in [1.54, 1.807) is 38.6 Å². The molecule has 0 aliphatic rings. The van der Waals surface area contributed by atoms with Crippen molar-refractivity contribution in [3.63, 3.8) is 0 Å². The second-order valence-corrected chi connectivity index (χ2v) is 15.6. The standard InChI is InChI=1S/C26H33ClN6O3Si/c1-26(2,3)37(6,7)36-15-16-11-12-28-20(13-16)30-21-14-19(22-24(31-21)32-33(4)25(22)34)29-18-10-8-9-17(27)23(18)35-5/h8-14H,15H2,1-7H3,(H3,28,29,30,31,32). The molecule has 11 heteroatoms. The number of halogens is 1. The summed E-state index contributed by atoms with van der Waals surface area (Å²) in [6.45, 7) is 11.6. The summed E-state index contributed by atoms with van der Waals surface area (Å²) < 4.78 is 13.2. The van der Waals surface area contributed by atoms with Crippen LogP contribution in [0.25, 0.3) is 11.0 Å². The maximum Gasteiger partial charge on any atom is 0.277 e. The second kappa shape index (κ2) is 10.2. The number of aromatic amines is 1. The second-order valence-electron chi connectivity index (χ2n) is 10.4. The fourth-order valence-electron chi connectivity index (χ4n) is 3.59. The SMILES string of the molecule is COc1c(Cl)cccc1Nc1cc(Nc2cc(CO[Si](C)(C)C(C)(C)C)ccn2)nc2[nH]n(C)c(=O)c12. The van der Waals surface area contributed by atoms with E-state index in [9.17, 15) is 4.79 Å². The van der Waals surface area contributed by atoms with Gasteiger partial charge in [-0.05, 0) is 48.0 Å². The molecular formula is C26H33ClN6O3Si. The largest absolute Gasteiger partial charge is 0.493 e. The molecule has 0 bridgehead atoms. The average molecular weight is 541 g/mol. The molecule has 0 aliphatic heterocycles. The van der Waals surface area contributed by atoms with Gasteiger partial charge < -0.3 is 19.8 Å². The monoisotopic (exact) mass is 540 g/mol. The van der Waals surface area contributed by atoms with Crippen LogP contribution < -0.4 is 20.9 Å². The quantitative estimate of drug-likeness (QED) is 0.224. The maximum absolute atomic E-state index is 12.8. The third-order valence-electron chi connectivity index (χ3n) is 6.74. The number of hydrogen-bond acceptors (Lipinski definition) is 7. The lowest BCUT2D eigenvalue weighted by molar-refractivity contribution is 0.276. The Balaban J connectivity index is 1.66. The van der Waals surface area contributed by atoms with Crippen molar-refractivity contribution in [3.05, 3.63) is 63.5 Å². The van der Waals surface area contributed by atoms with E-state index in [1.165, 1.54) is 4.68 Å². The van der Waals surface area contributed by atoms with Crippen molar-refractivity contribution < 1.29 is 9.16 Å². The van der Waals surface area contributed by atoms with Crippen LogP contribution in [0.15, 0.2) is 47.4 Å². The van der Waals surface area contributed by atoms with Crippen LogP contribution in [-0.4, -0.2) is 35.2 Å². The van der Waals surface area contributed by atoms with Gasteiger partial charge in [0.05, 0.1) is 30.1 Å². The van der Waals surface area contributed by atoms with E-state index >= 15 is 0 Å². The molecule has 0 unspecified atom stereocenters. The summed E-state index contributed by atoms with van der Waals surface area (Å²) in [4.78, 5) is 21.9. The van der Waals surface area contributed by atoms with E-state index in [0.717, 1.165) is 5.56 Å². The van der Waals surface area contributed by atoms with Crippen molar-refractivity contribution in [1.82, 2.24) is 19.7 Å². The molecule has 4 aromatic rings. The fraction of sp³-hybridized carbons (Fsp3) is 0.346. The van der Waals surface area contributed by atoms with Gasteiger partial charge in [-0.15, -0.1) is 0 Å². The van der Waals surface area contributed by atoms with Gasteiger partial charge >= 0.3 is 0 Å². The molecule has 37 heavy (non-hydrogen) atoms. The first-order valence-electron chi connectivity index (χ1n) is 11.9. The molecule has 0 amide bonds. The highest BCUT2D eigenvalue weighted by atomic mass is 35.5. The van der Waals surface area contributed by atoms with Crippen molar-refractivity contribution in [2.24, 2.45) is 7.05 Å². The predicted molar refractivity (Wildman–Crippen MR) is 152 cm³/mol. The molecule has 0 aliphatic carbocycles. The van der Waals surface area contributed by atoms with Crippen LogP contribution in [0.4, 0.5) is 23.0 Å². The summed E-state index contributed by atoms with van der Waals surface area (Å²) >= 11 is 6.30. The van der Waals surface area contributed by atoms with E-state index in [-0.39, 0.29) is 10.6 Å². The molecule has 0 saturated heterocycles. The third-order valence-corrected chi connectivity index (χ3v) is 11.5. The van der Waals surface area contributed by atoms with Gasteiger partial charge in [-0.2, -0.15) is 0 Å². The van der Waals surface area contributed by atoms with Gasteiger partial charge in [0, 0.05) is 19.3 Å².